The highest BCUT2D eigenvalue weighted by molar-refractivity contribution is 6.29. The first kappa shape index (κ1) is 17.7. The largest absolute Gasteiger partial charge is 0.497 e. The van der Waals surface area contributed by atoms with Crippen LogP contribution < -0.4 is 14.2 Å². The minimum Gasteiger partial charge on any atom is -0.497 e. The van der Waals surface area contributed by atoms with Gasteiger partial charge in [-0.2, -0.15) is 0 Å². The van der Waals surface area contributed by atoms with Gasteiger partial charge in [-0.1, -0.05) is 35.9 Å². The van der Waals surface area contributed by atoms with Crippen molar-refractivity contribution >= 4 is 17.6 Å². The van der Waals surface area contributed by atoms with E-state index in [0.717, 1.165) is 5.56 Å². The van der Waals surface area contributed by atoms with Crippen LogP contribution in [-0.4, -0.2) is 23.3 Å². The van der Waals surface area contributed by atoms with Crippen LogP contribution in [-0.2, 0) is 0 Å². The zero-order chi connectivity index (χ0) is 18.5. The number of rotatable bonds is 5. The summed E-state index contributed by atoms with van der Waals surface area (Å²) in [5, 5.41) is 7.70. The number of ether oxygens (including phenoxy) is 3. The van der Waals surface area contributed by atoms with Crippen LogP contribution in [0.1, 0.15) is 15.9 Å². The highest BCUT2D eigenvalue weighted by atomic mass is 35.5. The van der Waals surface area contributed by atoms with Crippen LogP contribution in [0.4, 0.5) is 0 Å². The van der Waals surface area contributed by atoms with Gasteiger partial charge < -0.3 is 14.2 Å². The molecule has 2 aromatic carbocycles. The van der Waals surface area contributed by atoms with Crippen molar-refractivity contribution in [3.63, 3.8) is 0 Å². The van der Waals surface area contributed by atoms with Crippen LogP contribution in [0.15, 0.2) is 54.6 Å². The van der Waals surface area contributed by atoms with Gasteiger partial charge in [-0.3, -0.25) is 0 Å². The fourth-order valence-corrected chi connectivity index (χ4v) is 2.36. The smallest absolute Gasteiger partial charge is 0.343 e. The van der Waals surface area contributed by atoms with E-state index in [1.165, 1.54) is 6.07 Å². The molecule has 1 heterocycles. The normalized spacial score (nSPS) is 10.3. The van der Waals surface area contributed by atoms with Gasteiger partial charge in [0.2, 0.25) is 0 Å². The Morgan fingerprint density at radius 2 is 1.77 bits per heavy atom. The van der Waals surface area contributed by atoms with Crippen molar-refractivity contribution < 1.29 is 19.0 Å². The van der Waals surface area contributed by atoms with E-state index in [1.807, 2.05) is 19.1 Å². The number of esters is 1. The van der Waals surface area contributed by atoms with Gasteiger partial charge in [0.25, 0.3) is 5.88 Å². The lowest BCUT2D eigenvalue weighted by atomic mass is 10.1. The van der Waals surface area contributed by atoms with Crippen molar-refractivity contribution in [2.45, 2.75) is 6.92 Å². The Balaban J connectivity index is 1.88. The molecule has 3 rings (SSSR count). The number of nitrogens with zero attached hydrogens (tertiary/aromatic N) is 2. The first-order chi connectivity index (χ1) is 12.6. The Kier molecular flexibility index (Phi) is 5.34. The van der Waals surface area contributed by atoms with E-state index in [9.17, 15) is 4.79 Å². The summed E-state index contributed by atoms with van der Waals surface area (Å²) in [5.41, 5.74) is 1.23. The van der Waals surface area contributed by atoms with Gasteiger partial charge in [-0.05, 0) is 30.7 Å². The average molecular weight is 371 g/mol. The molecule has 0 fully saturated rings. The van der Waals surface area contributed by atoms with E-state index >= 15 is 0 Å². The van der Waals surface area contributed by atoms with Gasteiger partial charge in [0.05, 0.1) is 12.7 Å². The average Bonchev–Trinajstić information content (AvgIpc) is 2.64. The van der Waals surface area contributed by atoms with E-state index in [2.05, 4.69) is 10.2 Å². The second kappa shape index (κ2) is 7.84. The molecule has 0 amide bonds. The van der Waals surface area contributed by atoms with Gasteiger partial charge in [0, 0.05) is 12.1 Å². The summed E-state index contributed by atoms with van der Waals surface area (Å²) < 4.78 is 16.3. The molecule has 0 spiro atoms. The van der Waals surface area contributed by atoms with Crippen LogP contribution >= 0.6 is 11.6 Å². The molecule has 3 aromatic rings. The van der Waals surface area contributed by atoms with Crippen LogP contribution in [0, 0.1) is 6.92 Å². The highest BCUT2D eigenvalue weighted by Crippen LogP contribution is 2.32. The van der Waals surface area contributed by atoms with Gasteiger partial charge in [-0.15, -0.1) is 10.2 Å². The van der Waals surface area contributed by atoms with Gasteiger partial charge in [0.15, 0.2) is 10.9 Å². The predicted molar refractivity (Wildman–Crippen MR) is 96.2 cm³/mol. The third-order valence-electron chi connectivity index (χ3n) is 3.52. The Bertz CT molecular complexity index is 946. The first-order valence-corrected chi connectivity index (χ1v) is 8.07. The molecule has 7 heteroatoms. The molecule has 0 aliphatic heterocycles. The van der Waals surface area contributed by atoms with Crippen molar-refractivity contribution in [3.8, 4) is 23.1 Å². The quantitative estimate of drug-likeness (QED) is 0.617. The maximum absolute atomic E-state index is 12.5. The van der Waals surface area contributed by atoms with E-state index < -0.39 is 5.97 Å². The summed E-state index contributed by atoms with van der Waals surface area (Å²) in [6, 6.07) is 15.4. The van der Waals surface area contributed by atoms with E-state index in [-0.39, 0.29) is 16.8 Å². The number of benzene rings is 2. The molecule has 0 saturated carbocycles. The standard InChI is InChI=1S/C19H15ClN2O4/c1-12-6-3-4-9-15(12)19(23)26-16-11-17(20)21-22-18(16)25-14-8-5-7-13(10-14)24-2/h3-11H,1-2H3. The molecule has 0 aliphatic carbocycles. The summed E-state index contributed by atoms with van der Waals surface area (Å²) >= 11 is 5.89. The first-order valence-electron chi connectivity index (χ1n) is 7.70. The Morgan fingerprint density at radius 3 is 2.54 bits per heavy atom. The van der Waals surface area contributed by atoms with Crippen LogP contribution in [0.3, 0.4) is 0 Å². The number of hydrogen-bond acceptors (Lipinski definition) is 6. The Hall–Kier alpha value is -3.12. The van der Waals surface area contributed by atoms with Crippen molar-refractivity contribution in [3.05, 3.63) is 70.9 Å². The monoisotopic (exact) mass is 370 g/mol. The zero-order valence-electron chi connectivity index (χ0n) is 14.1. The lowest BCUT2D eigenvalue weighted by molar-refractivity contribution is 0.0728. The second-order valence-corrected chi connectivity index (χ2v) is 5.71. The number of aromatic nitrogens is 2. The molecule has 0 radical (unpaired) electrons. The molecular weight excluding hydrogens is 356 g/mol. The fourth-order valence-electron chi connectivity index (χ4n) is 2.22. The van der Waals surface area contributed by atoms with Crippen LogP contribution in [0.5, 0.6) is 23.1 Å². The molecule has 0 saturated heterocycles. The van der Waals surface area contributed by atoms with Crippen molar-refractivity contribution in [1.29, 1.82) is 0 Å². The maximum atomic E-state index is 12.5. The molecule has 0 bridgehead atoms. The zero-order valence-corrected chi connectivity index (χ0v) is 14.9. The van der Waals surface area contributed by atoms with E-state index in [0.29, 0.717) is 17.1 Å². The summed E-state index contributed by atoms with van der Waals surface area (Å²) in [4.78, 5) is 12.5. The SMILES string of the molecule is COc1cccc(Oc2nnc(Cl)cc2OC(=O)c2ccccc2C)c1. The fraction of sp³-hybridized carbons (Fsp3) is 0.105. The number of halogens is 1. The number of methoxy groups -OCH3 is 1. The van der Waals surface area contributed by atoms with Gasteiger partial charge in [0.1, 0.15) is 11.5 Å². The van der Waals surface area contributed by atoms with Crippen molar-refractivity contribution in [2.24, 2.45) is 0 Å². The van der Waals surface area contributed by atoms with Gasteiger partial charge >= 0.3 is 5.97 Å². The maximum Gasteiger partial charge on any atom is 0.343 e. The summed E-state index contributed by atoms with van der Waals surface area (Å²) in [5.74, 6) is 0.616. The molecule has 26 heavy (non-hydrogen) atoms. The van der Waals surface area contributed by atoms with Crippen LogP contribution in [0.25, 0.3) is 0 Å². The second-order valence-electron chi connectivity index (χ2n) is 5.32. The minimum absolute atomic E-state index is 0.0181. The topological polar surface area (TPSA) is 70.5 Å². The third kappa shape index (κ3) is 4.10. The molecule has 1 aromatic heterocycles. The van der Waals surface area contributed by atoms with Crippen LogP contribution in [0.2, 0.25) is 5.15 Å². The lowest BCUT2D eigenvalue weighted by Gasteiger charge is -2.11. The Labute approximate surface area is 155 Å². The van der Waals surface area contributed by atoms with E-state index in [1.54, 1.807) is 43.5 Å². The predicted octanol–water partition coefficient (Wildman–Crippen LogP) is 4.46. The molecule has 6 nitrogen and oxygen atoms in total. The molecule has 0 unspecified atom stereocenters. The number of carbonyl (C=O) groups is 1. The molecule has 0 aliphatic rings. The summed E-state index contributed by atoms with van der Waals surface area (Å²) in [7, 11) is 1.55. The van der Waals surface area contributed by atoms with Crippen molar-refractivity contribution in [1.82, 2.24) is 10.2 Å². The number of hydrogen-bond donors (Lipinski definition) is 0. The van der Waals surface area contributed by atoms with Crippen molar-refractivity contribution in [2.75, 3.05) is 7.11 Å². The molecular formula is C19H15ClN2O4. The lowest BCUT2D eigenvalue weighted by Crippen LogP contribution is -2.11. The minimum atomic E-state index is -0.539. The summed E-state index contributed by atoms with van der Waals surface area (Å²) in [6.45, 7) is 1.82. The number of carbonyl (C=O) groups excluding carboxylic acids is 1. The Morgan fingerprint density at radius 1 is 1.00 bits per heavy atom. The molecule has 0 atom stereocenters. The highest BCUT2D eigenvalue weighted by Gasteiger charge is 2.17. The number of aryl methyl sites for hydroxylation is 1. The van der Waals surface area contributed by atoms with Gasteiger partial charge in [-0.25, -0.2) is 4.79 Å². The van der Waals surface area contributed by atoms with E-state index in [4.69, 9.17) is 25.8 Å². The molecule has 132 valence electrons. The summed E-state index contributed by atoms with van der Waals surface area (Å²) in [6.07, 6.45) is 0. The third-order valence-corrected chi connectivity index (χ3v) is 3.71. The molecule has 0 N–H and O–H groups in total.